The lowest BCUT2D eigenvalue weighted by Crippen LogP contribution is -2.21. The van der Waals surface area contributed by atoms with Crippen molar-refractivity contribution in [2.75, 3.05) is 51.5 Å². The van der Waals surface area contributed by atoms with Crippen LogP contribution in [0, 0.1) is 0 Å². The van der Waals surface area contributed by atoms with Gasteiger partial charge in [0.15, 0.2) is 0 Å². The van der Waals surface area contributed by atoms with Crippen LogP contribution in [-0.2, 0) is 9.47 Å². The second kappa shape index (κ2) is 8.96. The zero-order chi connectivity index (χ0) is 14.9. The average molecular weight is 317 g/mol. The van der Waals surface area contributed by atoms with Crippen molar-refractivity contribution in [3.05, 3.63) is 5.28 Å². The molecule has 1 aliphatic rings. The van der Waals surface area contributed by atoms with Gasteiger partial charge in [-0.15, -0.1) is 0 Å². The Kier molecular flexibility index (Phi) is 6.91. The molecule has 1 aliphatic heterocycles. The third-order valence-corrected chi connectivity index (χ3v) is 3.23. The van der Waals surface area contributed by atoms with Gasteiger partial charge < -0.3 is 19.1 Å². The lowest BCUT2D eigenvalue weighted by atomic mass is 10.4. The molecule has 1 aromatic rings. The van der Waals surface area contributed by atoms with Crippen molar-refractivity contribution < 1.29 is 14.2 Å². The van der Waals surface area contributed by atoms with Crippen LogP contribution in [0.15, 0.2) is 0 Å². The van der Waals surface area contributed by atoms with Gasteiger partial charge in [0.05, 0.1) is 6.61 Å². The van der Waals surface area contributed by atoms with E-state index in [4.69, 9.17) is 25.8 Å². The summed E-state index contributed by atoms with van der Waals surface area (Å²) < 4.78 is 15.8. The molecule has 2 rings (SSSR count). The summed E-state index contributed by atoms with van der Waals surface area (Å²) in [6.45, 7) is 4.10. The van der Waals surface area contributed by atoms with Gasteiger partial charge in [0.25, 0.3) is 0 Å². The maximum atomic E-state index is 5.91. The number of methoxy groups -OCH3 is 1. The number of halogens is 1. The molecule has 8 heteroatoms. The molecule has 0 amide bonds. The van der Waals surface area contributed by atoms with E-state index in [1.165, 1.54) is 0 Å². The van der Waals surface area contributed by atoms with Gasteiger partial charge in [0.1, 0.15) is 6.61 Å². The van der Waals surface area contributed by atoms with Crippen molar-refractivity contribution in [2.24, 2.45) is 0 Å². The van der Waals surface area contributed by atoms with Gasteiger partial charge in [-0.05, 0) is 30.9 Å². The number of aromatic nitrogens is 3. The molecule has 7 nitrogen and oxygen atoms in total. The molecule has 0 unspecified atom stereocenters. The third-order valence-electron chi connectivity index (χ3n) is 3.06. The van der Waals surface area contributed by atoms with Gasteiger partial charge in [-0.1, -0.05) is 0 Å². The highest BCUT2D eigenvalue weighted by atomic mass is 35.5. The fraction of sp³-hybridized carbons (Fsp3) is 0.769. The van der Waals surface area contributed by atoms with E-state index in [9.17, 15) is 0 Å². The molecular weight excluding hydrogens is 296 g/mol. The van der Waals surface area contributed by atoms with Gasteiger partial charge in [0, 0.05) is 33.4 Å². The van der Waals surface area contributed by atoms with E-state index < -0.39 is 0 Å². The van der Waals surface area contributed by atoms with Crippen molar-refractivity contribution in [3.63, 3.8) is 0 Å². The topological polar surface area (TPSA) is 69.6 Å². The van der Waals surface area contributed by atoms with Crippen LogP contribution < -0.4 is 9.64 Å². The second-order valence-corrected chi connectivity index (χ2v) is 5.03. The minimum atomic E-state index is 0.155. The zero-order valence-corrected chi connectivity index (χ0v) is 13.0. The molecule has 1 aromatic heterocycles. The van der Waals surface area contributed by atoms with Crippen LogP contribution in [-0.4, -0.2) is 61.6 Å². The van der Waals surface area contributed by atoms with Crippen LogP contribution in [0.3, 0.4) is 0 Å². The first-order chi connectivity index (χ1) is 10.3. The first-order valence-corrected chi connectivity index (χ1v) is 7.53. The quantitative estimate of drug-likeness (QED) is 0.640. The molecule has 0 atom stereocenters. The van der Waals surface area contributed by atoms with Crippen LogP contribution in [0.25, 0.3) is 0 Å². The summed E-state index contributed by atoms with van der Waals surface area (Å²) in [4.78, 5) is 14.5. The molecule has 118 valence electrons. The molecule has 0 radical (unpaired) electrons. The highest BCUT2D eigenvalue weighted by Crippen LogP contribution is 2.19. The number of anilines is 1. The first kappa shape index (κ1) is 16.2. The van der Waals surface area contributed by atoms with Gasteiger partial charge >= 0.3 is 6.01 Å². The smallest absolute Gasteiger partial charge is 0.322 e. The Labute approximate surface area is 129 Å². The summed E-state index contributed by atoms with van der Waals surface area (Å²) >= 11 is 5.91. The molecular formula is C13H21ClN4O3. The standard InChI is InChI=1S/C13H21ClN4O3/c1-19-7-4-8-20-9-10-21-13-16-11(14)15-12(17-13)18-5-2-3-6-18/h2-10H2,1H3. The number of nitrogens with zero attached hydrogens (tertiary/aromatic N) is 4. The summed E-state index contributed by atoms with van der Waals surface area (Å²) in [5.74, 6) is 0.587. The monoisotopic (exact) mass is 316 g/mol. The summed E-state index contributed by atoms with van der Waals surface area (Å²) in [5, 5.41) is 0.155. The van der Waals surface area contributed by atoms with Gasteiger partial charge in [-0.3, -0.25) is 0 Å². The Balaban J connectivity index is 1.75. The number of ether oxygens (including phenoxy) is 3. The minimum Gasteiger partial charge on any atom is -0.461 e. The summed E-state index contributed by atoms with van der Waals surface area (Å²) in [6, 6.07) is 0.248. The normalized spacial score (nSPS) is 14.7. The van der Waals surface area contributed by atoms with Crippen LogP contribution in [0.4, 0.5) is 5.95 Å². The SMILES string of the molecule is COCCCOCCOc1nc(Cl)nc(N2CCCC2)n1. The molecule has 2 heterocycles. The molecule has 0 saturated carbocycles. The average Bonchev–Trinajstić information content (AvgIpc) is 3.00. The highest BCUT2D eigenvalue weighted by molar-refractivity contribution is 6.28. The van der Waals surface area contributed by atoms with Crippen molar-refractivity contribution in [2.45, 2.75) is 19.3 Å². The molecule has 0 bridgehead atoms. The summed E-state index contributed by atoms with van der Waals surface area (Å²) in [6.07, 6.45) is 3.16. The van der Waals surface area contributed by atoms with Gasteiger partial charge in [-0.2, -0.15) is 15.0 Å². The maximum Gasteiger partial charge on any atom is 0.322 e. The first-order valence-electron chi connectivity index (χ1n) is 7.15. The number of hydrogen-bond donors (Lipinski definition) is 0. The zero-order valence-electron chi connectivity index (χ0n) is 12.3. The number of rotatable bonds is 9. The summed E-state index contributed by atoms with van der Waals surface area (Å²) in [7, 11) is 1.67. The van der Waals surface area contributed by atoms with E-state index in [0.29, 0.717) is 32.4 Å². The van der Waals surface area contributed by atoms with Crippen LogP contribution in [0.1, 0.15) is 19.3 Å². The maximum absolute atomic E-state index is 5.91. The Bertz CT molecular complexity index is 430. The van der Waals surface area contributed by atoms with Crippen molar-refractivity contribution >= 4 is 17.5 Å². The third kappa shape index (κ3) is 5.61. The van der Waals surface area contributed by atoms with Crippen LogP contribution >= 0.6 is 11.6 Å². The Hall–Kier alpha value is -1.18. The molecule has 21 heavy (non-hydrogen) atoms. The molecule has 1 saturated heterocycles. The lowest BCUT2D eigenvalue weighted by molar-refractivity contribution is 0.0783. The van der Waals surface area contributed by atoms with E-state index in [1.54, 1.807) is 7.11 Å². The predicted molar refractivity (Wildman–Crippen MR) is 79.1 cm³/mol. The molecule has 0 spiro atoms. The lowest BCUT2D eigenvalue weighted by Gasteiger charge is -2.15. The predicted octanol–water partition coefficient (Wildman–Crippen LogP) is 1.56. The second-order valence-electron chi connectivity index (χ2n) is 4.69. The van der Waals surface area contributed by atoms with E-state index in [1.807, 2.05) is 0 Å². The molecule has 0 aromatic carbocycles. The van der Waals surface area contributed by atoms with Crippen LogP contribution in [0.5, 0.6) is 6.01 Å². The van der Waals surface area contributed by atoms with E-state index in [2.05, 4.69) is 19.9 Å². The Morgan fingerprint density at radius 1 is 1.05 bits per heavy atom. The van der Waals surface area contributed by atoms with Crippen molar-refractivity contribution in [1.29, 1.82) is 0 Å². The van der Waals surface area contributed by atoms with E-state index in [0.717, 1.165) is 32.4 Å². The fourth-order valence-corrected chi connectivity index (χ4v) is 2.19. The minimum absolute atomic E-state index is 0.155. The summed E-state index contributed by atoms with van der Waals surface area (Å²) in [5.41, 5.74) is 0. The van der Waals surface area contributed by atoms with E-state index in [-0.39, 0.29) is 11.3 Å². The largest absolute Gasteiger partial charge is 0.461 e. The number of hydrogen-bond acceptors (Lipinski definition) is 7. The molecule has 0 N–H and O–H groups in total. The molecule has 0 aliphatic carbocycles. The van der Waals surface area contributed by atoms with Crippen LogP contribution in [0.2, 0.25) is 5.28 Å². The van der Waals surface area contributed by atoms with Crippen molar-refractivity contribution in [1.82, 2.24) is 15.0 Å². The van der Waals surface area contributed by atoms with Crippen molar-refractivity contribution in [3.8, 4) is 6.01 Å². The van der Waals surface area contributed by atoms with Gasteiger partial charge in [0.2, 0.25) is 11.2 Å². The van der Waals surface area contributed by atoms with E-state index >= 15 is 0 Å². The highest BCUT2D eigenvalue weighted by Gasteiger charge is 2.17. The van der Waals surface area contributed by atoms with Gasteiger partial charge in [-0.25, -0.2) is 0 Å². The molecule has 1 fully saturated rings. The Morgan fingerprint density at radius 2 is 1.86 bits per heavy atom. The Morgan fingerprint density at radius 3 is 2.62 bits per heavy atom. The fourth-order valence-electron chi connectivity index (χ4n) is 2.04.